The predicted octanol–water partition coefficient (Wildman–Crippen LogP) is 1.92. The lowest BCUT2D eigenvalue weighted by Gasteiger charge is -2.03. The second-order valence-corrected chi connectivity index (χ2v) is 4.00. The van der Waals surface area contributed by atoms with Gasteiger partial charge in [-0.15, -0.1) is 0 Å². The molecule has 0 bridgehead atoms. The second kappa shape index (κ2) is 8.53. The van der Waals surface area contributed by atoms with Crippen LogP contribution in [-0.4, -0.2) is 38.5 Å². The van der Waals surface area contributed by atoms with Gasteiger partial charge >= 0.3 is 5.97 Å². The third kappa shape index (κ3) is 7.65. The molecular formula is C12H22O4. The molecule has 1 saturated heterocycles. The largest absolute Gasteiger partial charge is 0.466 e. The van der Waals surface area contributed by atoms with E-state index < -0.39 is 0 Å². The van der Waals surface area contributed by atoms with Gasteiger partial charge in [-0.3, -0.25) is 4.79 Å². The van der Waals surface area contributed by atoms with Crippen molar-refractivity contribution in [3.05, 3.63) is 0 Å². The van der Waals surface area contributed by atoms with E-state index >= 15 is 0 Å². The van der Waals surface area contributed by atoms with E-state index in [9.17, 15) is 4.79 Å². The Labute approximate surface area is 97.2 Å². The average Bonchev–Trinajstić information content (AvgIpc) is 3.06. The smallest absolute Gasteiger partial charge is 0.305 e. The molecule has 0 aliphatic carbocycles. The molecule has 0 amide bonds. The number of epoxide rings is 1. The molecule has 94 valence electrons. The Morgan fingerprint density at radius 3 is 2.75 bits per heavy atom. The topological polar surface area (TPSA) is 48.1 Å². The first kappa shape index (κ1) is 13.5. The van der Waals surface area contributed by atoms with Crippen molar-refractivity contribution in [1.82, 2.24) is 0 Å². The lowest BCUT2D eigenvalue weighted by molar-refractivity contribution is -0.143. The summed E-state index contributed by atoms with van der Waals surface area (Å²) in [6.07, 6.45) is 5.08. The molecule has 16 heavy (non-hydrogen) atoms. The van der Waals surface area contributed by atoms with E-state index in [1.807, 2.05) is 6.92 Å². The highest BCUT2D eigenvalue weighted by molar-refractivity contribution is 5.69. The molecule has 0 radical (unpaired) electrons. The zero-order chi connectivity index (χ0) is 11.6. The monoisotopic (exact) mass is 230 g/mol. The number of hydrogen-bond acceptors (Lipinski definition) is 4. The van der Waals surface area contributed by atoms with Crippen LogP contribution >= 0.6 is 0 Å². The SMILES string of the molecule is CCOC(=O)CCCCCCOCC1CO1. The van der Waals surface area contributed by atoms with Gasteiger partial charge in [0, 0.05) is 13.0 Å². The van der Waals surface area contributed by atoms with Crippen LogP contribution in [0.3, 0.4) is 0 Å². The molecule has 1 aliphatic rings. The summed E-state index contributed by atoms with van der Waals surface area (Å²) in [5, 5.41) is 0. The van der Waals surface area contributed by atoms with Gasteiger partial charge in [-0.05, 0) is 19.8 Å². The third-order valence-electron chi connectivity index (χ3n) is 2.43. The molecule has 0 aromatic carbocycles. The number of carbonyl (C=O) groups excluding carboxylic acids is 1. The molecule has 4 nitrogen and oxygen atoms in total. The Kier molecular flexibility index (Phi) is 7.17. The second-order valence-electron chi connectivity index (χ2n) is 4.00. The molecule has 0 saturated carbocycles. The summed E-state index contributed by atoms with van der Waals surface area (Å²) in [7, 11) is 0. The summed E-state index contributed by atoms with van der Waals surface area (Å²) in [5.74, 6) is -0.0790. The molecule has 0 spiro atoms. The van der Waals surface area contributed by atoms with Crippen molar-refractivity contribution in [2.45, 2.75) is 45.1 Å². The minimum atomic E-state index is -0.0790. The van der Waals surface area contributed by atoms with Gasteiger partial charge in [0.2, 0.25) is 0 Å². The Hall–Kier alpha value is -0.610. The van der Waals surface area contributed by atoms with Crippen LogP contribution < -0.4 is 0 Å². The van der Waals surface area contributed by atoms with Crippen LogP contribution in [-0.2, 0) is 19.0 Å². The zero-order valence-corrected chi connectivity index (χ0v) is 10.1. The van der Waals surface area contributed by atoms with Gasteiger partial charge in [-0.1, -0.05) is 12.8 Å². The van der Waals surface area contributed by atoms with E-state index in [0.29, 0.717) is 19.1 Å². The van der Waals surface area contributed by atoms with Crippen molar-refractivity contribution in [3.63, 3.8) is 0 Å². The number of carbonyl (C=O) groups is 1. The van der Waals surface area contributed by atoms with E-state index in [2.05, 4.69) is 0 Å². The highest BCUT2D eigenvalue weighted by Crippen LogP contribution is 2.09. The van der Waals surface area contributed by atoms with Crippen molar-refractivity contribution >= 4 is 5.97 Å². The summed E-state index contributed by atoms with van der Waals surface area (Å²) in [6, 6.07) is 0. The standard InChI is InChI=1S/C12H22O4/c1-2-15-12(13)7-5-3-4-6-8-14-9-11-10-16-11/h11H,2-10H2,1H3. The lowest BCUT2D eigenvalue weighted by Crippen LogP contribution is -2.04. The number of unbranched alkanes of at least 4 members (excludes halogenated alkanes) is 3. The molecule has 1 heterocycles. The van der Waals surface area contributed by atoms with E-state index in [-0.39, 0.29) is 5.97 Å². The molecule has 1 unspecified atom stereocenters. The van der Waals surface area contributed by atoms with Gasteiger partial charge in [-0.2, -0.15) is 0 Å². The van der Waals surface area contributed by atoms with Crippen LogP contribution in [0.15, 0.2) is 0 Å². The van der Waals surface area contributed by atoms with Crippen molar-refractivity contribution < 1.29 is 19.0 Å². The zero-order valence-electron chi connectivity index (χ0n) is 10.1. The molecule has 1 fully saturated rings. The summed E-state index contributed by atoms with van der Waals surface area (Å²) >= 11 is 0. The van der Waals surface area contributed by atoms with E-state index in [1.165, 1.54) is 0 Å². The van der Waals surface area contributed by atoms with Crippen LogP contribution in [0.25, 0.3) is 0 Å². The van der Waals surface area contributed by atoms with Gasteiger partial charge in [-0.25, -0.2) is 0 Å². The molecule has 1 atom stereocenters. The number of ether oxygens (including phenoxy) is 3. The molecule has 1 aliphatic heterocycles. The normalized spacial score (nSPS) is 18.4. The Bertz CT molecular complexity index is 189. The van der Waals surface area contributed by atoms with E-state index in [0.717, 1.165) is 45.5 Å². The molecule has 4 heteroatoms. The molecule has 0 aromatic heterocycles. The predicted molar refractivity (Wildman–Crippen MR) is 60.3 cm³/mol. The Morgan fingerprint density at radius 2 is 2.06 bits per heavy atom. The van der Waals surface area contributed by atoms with Crippen molar-refractivity contribution in [2.75, 3.05) is 26.4 Å². The molecular weight excluding hydrogens is 208 g/mol. The minimum Gasteiger partial charge on any atom is -0.466 e. The number of hydrogen-bond donors (Lipinski definition) is 0. The van der Waals surface area contributed by atoms with Crippen LogP contribution in [0.4, 0.5) is 0 Å². The van der Waals surface area contributed by atoms with E-state index in [1.54, 1.807) is 0 Å². The van der Waals surface area contributed by atoms with E-state index in [4.69, 9.17) is 14.2 Å². The Morgan fingerprint density at radius 1 is 1.31 bits per heavy atom. The summed E-state index contributed by atoms with van der Waals surface area (Å²) in [6.45, 7) is 4.72. The fourth-order valence-corrected chi connectivity index (χ4v) is 1.44. The van der Waals surface area contributed by atoms with Gasteiger partial charge in [0.25, 0.3) is 0 Å². The average molecular weight is 230 g/mol. The maximum atomic E-state index is 11.0. The Balaban J connectivity index is 1.71. The summed E-state index contributed by atoms with van der Waals surface area (Å²) < 4.78 is 15.3. The molecule has 1 rings (SSSR count). The van der Waals surface area contributed by atoms with Gasteiger partial charge < -0.3 is 14.2 Å². The number of esters is 1. The third-order valence-corrected chi connectivity index (χ3v) is 2.43. The lowest BCUT2D eigenvalue weighted by atomic mass is 10.1. The summed E-state index contributed by atoms with van der Waals surface area (Å²) in [4.78, 5) is 11.0. The highest BCUT2D eigenvalue weighted by atomic mass is 16.6. The summed E-state index contributed by atoms with van der Waals surface area (Å²) in [5.41, 5.74) is 0. The first-order valence-electron chi connectivity index (χ1n) is 6.18. The van der Waals surface area contributed by atoms with Crippen LogP contribution in [0.2, 0.25) is 0 Å². The van der Waals surface area contributed by atoms with Crippen molar-refractivity contribution in [1.29, 1.82) is 0 Å². The van der Waals surface area contributed by atoms with Gasteiger partial charge in [0.15, 0.2) is 0 Å². The van der Waals surface area contributed by atoms with Gasteiger partial charge in [0.05, 0.1) is 19.8 Å². The van der Waals surface area contributed by atoms with Crippen molar-refractivity contribution in [2.24, 2.45) is 0 Å². The first-order valence-corrected chi connectivity index (χ1v) is 6.18. The molecule has 0 aromatic rings. The quantitative estimate of drug-likeness (QED) is 0.327. The first-order chi connectivity index (χ1) is 7.83. The van der Waals surface area contributed by atoms with Crippen LogP contribution in [0, 0.1) is 0 Å². The fourth-order valence-electron chi connectivity index (χ4n) is 1.44. The maximum Gasteiger partial charge on any atom is 0.305 e. The highest BCUT2D eigenvalue weighted by Gasteiger charge is 2.21. The van der Waals surface area contributed by atoms with Crippen LogP contribution in [0.5, 0.6) is 0 Å². The minimum absolute atomic E-state index is 0.0790. The van der Waals surface area contributed by atoms with Gasteiger partial charge in [0.1, 0.15) is 6.10 Å². The molecule has 0 N–H and O–H groups in total. The van der Waals surface area contributed by atoms with Crippen LogP contribution in [0.1, 0.15) is 39.0 Å². The number of rotatable bonds is 10. The van der Waals surface area contributed by atoms with Crippen molar-refractivity contribution in [3.8, 4) is 0 Å². The fraction of sp³-hybridized carbons (Fsp3) is 0.917. The maximum absolute atomic E-state index is 11.0.